The number of aliphatic hydroxyl groups excluding tert-OH is 1. The zero-order valence-electron chi connectivity index (χ0n) is 24.2. The molecule has 9 nitrogen and oxygen atoms in total. The molecule has 9 heteroatoms. The topological polar surface area (TPSA) is 125 Å². The Kier molecular flexibility index (Phi) is 22.6. The summed E-state index contributed by atoms with van der Waals surface area (Å²) in [6.45, 7) is 5.46. The molecule has 0 saturated heterocycles. The molecule has 0 aliphatic heterocycles. The molecular formula is C29H52O9. The zero-order chi connectivity index (χ0) is 28.6. The van der Waals surface area contributed by atoms with Crippen molar-refractivity contribution in [1.29, 1.82) is 0 Å². The molecule has 0 radical (unpaired) electrons. The Bertz CT molecular complexity index is 650. The Hall–Kier alpha value is -2.16. The van der Waals surface area contributed by atoms with Crippen LogP contribution in [-0.4, -0.2) is 60.5 Å². The van der Waals surface area contributed by atoms with Crippen LogP contribution >= 0.6 is 0 Å². The maximum atomic E-state index is 12.2. The van der Waals surface area contributed by atoms with Crippen LogP contribution in [0.4, 0.5) is 0 Å². The summed E-state index contributed by atoms with van der Waals surface area (Å²) in [5.74, 6) is -2.08. The van der Waals surface area contributed by atoms with Crippen LogP contribution in [0, 0.1) is 0 Å². The van der Waals surface area contributed by atoms with Crippen molar-refractivity contribution < 1.29 is 43.2 Å². The first kappa shape index (κ1) is 35.8. The Labute approximate surface area is 229 Å². The highest BCUT2D eigenvalue weighted by atomic mass is 16.6. The normalized spacial score (nSPS) is 13.3. The van der Waals surface area contributed by atoms with Crippen LogP contribution in [0.1, 0.15) is 130 Å². The van der Waals surface area contributed by atoms with E-state index in [4.69, 9.17) is 14.2 Å². The molecule has 0 unspecified atom stereocenters. The van der Waals surface area contributed by atoms with Crippen LogP contribution in [0.2, 0.25) is 0 Å². The van der Waals surface area contributed by atoms with E-state index in [0.717, 1.165) is 25.7 Å². The summed E-state index contributed by atoms with van der Waals surface area (Å²) in [5.41, 5.74) is 0. The third kappa shape index (κ3) is 24.2. The minimum absolute atomic E-state index is 0.189. The van der Waals surface area contributed by atoms with E-state index in [9.17, 15) is 24.3 Å². The lowest BCUT2D eigenvalue weighted by Gasteiger charge is -2.21. The number of carbonyl (C=O) groups is 4. The second kappa shape index (κ2) is 23.9. The molecule has 0 saturated carbocycles. The van der Waals surface area contributed by atoms with Crippen molar-refractivity contribution in [2.24, 2.45) is 0 Å². The van der Waals surface area contributed by atoms with E-state index >= 15 is 0 Å². The highest BCUT2D eigenvalue weighted by Gasteiger charge is 2.22. The van der Waals surface area contributed by atoms with Crippen molar-refractivity contribution in [3.8, 4) is 0 Å². The first-order valence-electron chi connectivity index (χ1n) is 14.5. The van der Waals surface area contributed by atoms with Crippen LogP contribution in [-0.2, 0) is 38.1 Å². The van der Waals surface area contributed by atoms with Gasteiger partial charge in [0, 0.05) is 20.8 Å². The van der Waals surface area contributed by atoms with Crippen LogP contribution in [0.25, 0.3) is 0 Å². The molecule has 0 aliphatic rings. The number of rotatable bonds is 24. The Morgan fingerprint density at radius 2 is 1.03 bits per heavy atom. The van der Waals surface area contributed by atoms with Crippen molar-refractivity contribution in [3.05, 3.63) is 0 Å². The molecule has 0 amide bonds. The van der Waals surface area contributed by atoms with Crippen molar-refractivity contribution in [3.63, 3.8) is 0 Å². The number of unbranched alkanes of at least 4 members (excludes halogenated alkanes) is 11. The fourth-order valence-electron chi connectivity index (χ4n) is 4.21. The van der Waals surface area contributed by atoms with Crippen molar-refractivity contribution in [2.45, 2.75) is 149 Å². The number of hydrogen-bond donors (Lipinski definition) is 1. The Morgan fingerprint density at radius 3 is 1.53 bits per heavy atom. The second-order valence-electron chi connectivity index (χ2n) is 10.1. The summed E-state index contributed by atoms with van der Waals surface area (Å²) in [5, 5.41) is 9.71. The zero-order valence-corrected chi connectivity index (χ0v) is 24.2. The standard InChI is InChI=1S/C29H52O9/c1-5-6-7-8-9-10-11-12-13-14-15-16-17-27(37-24(3)31)18-19-28(38-25(4)32)20-29(34)36-22-26(33)21-35-23(2)30/h26-28,33H,5-22H2,1-4H3/t26-,27-,28-/m1/s1. The highest BCUT2D eigenvalue weighted by Crippen LogP contribution is 2.19. The van der Waals surface area contributed by atoms with Gasteiger partial charge in [0.15, 0.2) is 0 Å². The summed E-state index contributed by atoms with van der Waals surface area (Å²) >= 11 is 0. The summed E-state index contributed by atoms with van der Waals surface area (Å²) in [7, 11) is 0. The molecule has 222 valence electrons. The van der Waals surface area contributed by atoms with Crippen LogP contribution in [0.3, 0.4) is 0 Å². The van der Waals surface area contributed by atoms with Gasteiger partial charge < -0.3 is 24.1 Å². The smallest absolute Gasteiger partial charge is 0.309 e. The largest absolute Gasteiger partial charge is 0.463 e. The number of carbonyl (C=O) groups excluding carboxylic acids is 4. The van der Waals surface area contributed by atoms with Gasteiger partial charge in [0.1, 0.15) is 31.5 Å². The summed E-state index contributed by atoms with van der Waals surface area (Å²) < 4.78 is 20.4. The minimum atomic E-state index is -1.14. The molecule has 0 aliphatic carbocycles. The van der Waals surface area contributed by atoms with Crippen molar-refractivity contribution in [2.75, 3.05) is 13.2 Å². The predicted molar refractivity (Wildman–Crippen MR) is 144 cm³/mol. The number of hydrogen-bond acceptors (Lipinski definition) is 9. The molecule has 38 heavy (non-hydrogen) atoms. The SMILES string of the molecule is CCCCCCCCCCCCCC[C@H](CC[C@H](CC(=O)OC[C@H](O)COC(C)=O)OC(C)=O)OC(C)=O. The maximum Gasteiger partial charge on any atom is 0.309 e. The number of aliphatic hydroxyl groups is 1. The average molecular weight is 545 g/mol. The molecule has 0 bridgehead atoms. The fraction of sp³-hybridized carbons (Fsp3) is 0.862. The molecule has 1 N–H and O–H groups in total. The van der Waals surface area contributed by atoms with Crippen molar-refractivity contribution >= 4 is 23.9 Å². The molecule has 0 aromatic heterocycles. The lowest BCUT2D eigenvalue weighted by atomic mass is 10.0. The van der Waals surface area contributed by atoms with Gasteiger partial charge >= 0.3 is 23.9 Å². The highest BCUT2D eigenvalue weighted by molar-refractivity contribution is 5.71. The summed E-state index contributed by atoms with van der Waals surface area (Å²) in [4.78, 5) is 46.1. The molecule has 0 heterocycles. The third-order valence-electron chi connectivity index (χ3n) is 6.17. The monoisotopic (exact) mass is 544 g/mol. The van der Waals surface area contributed by atoms with Gasteiger partial charge in [0.2, 0.25) is 0 Å². The van der Waals surface area contributed by atoms with E-state index in [1.807, 2.05) is 0 Å². The van der Waals surface area contributed by atoms with Crippen LogP contribution < -0.4 is 0 Å². The summed E-state index contributed by atoms with van der Waals surface area (Å²) in [6, 6.07) is 0. The molecule has 0 aromatic rings. The van der Waals surface area contributed by atoms with Gasteiger partial charge in [0.25, 0.3) is 0 Å². The van der Waals surface area contributed by atoms with E-state index in [1.165, 1.54) is 78.6 Å². The van der Waals surface area contributed by atoms with Gasteiger partial charge in [0.05, 0.1) is 6.42 Å². The quantitative estimate of drug-likeness (QED) is 0.0941. The Balaban J connectivity index is 4.33. The summed E-state index contributed by atoms with van der Waals surface area (Å²) in [6.07, 6.45) is 14.1. The minimum Gasteiger partial charge on any atom is -0.463 e. The predicted octanol–water partition coefficient (Wildman–Crippen LogP) is 5.58. The fourth-order valence-corrected chi connectivity index (χ4v) is 4.21. The maximum absolute atomic E-state index is 12.2. The lowest BCUT2D eigenvalue weighted by Crippen LogP contribution is -2.28. The van der Waals surface area contributed by atoms with Gasteiger partial charge in [-0.2, -0.15) is 0 Å². The van der Waals surface area contributed by atoms with Gasteiger partial charge in [-0.1, -0.05) is 77.6 Å². The molecule has 0 aromatic carbocycles. The van der Waals surface area contributed by atoms with Crippen LogP contribution in [0.15, 0.2) is 0 Å². The molecule has 3 atom stereocenters. The average Bonchev–Trinajstić information content (AvgIpc) is 2.84. The van der Waals surface area contributed by atoms with E-state index in [0.29, 0.717) is 12.8 Å². The second-order valence-corrected chi connectivity index (χ2v) is 10.1. The van der Waals surface area contributed by atoms with Crippen LogP contribution in [0.5, 0.6) is 0 Å². The van der Waals surface area contributed by atoms with Gasteiger partial charge in [-0.05, 0) is 25.7 Å². The number of ether oxygens (including phenoxy) is 4. The van der Waals surface area contributed by atoms with Gasteiger partial charge in [-0.3, -0.25) is 19.2 Å². The van der Waals surface area contributed by atoms with E-state index in [-0.39, 0.29) is 31.7 Å². The first-order chi connectivity index (χ1) is 18.1. The number of esters is 4. The van der Waals surface area contributed by atoms with E-state index in [2.05, 4.69) is 11.7 Å². The molecule has 0 spiro atoms. The Morgan fingerprint density at radius 1 is 0.579 bits per heavy atom. The molecular weight excluding hydrogens is 492 g/mol. The van der Waals surface area contributed by atoms with Crippen molar-refractivity contribution in [1.82, 2.24) is 0 Å². The molecule has 0 rings (SSSR count). The van der Waals surface area contributed by atoms with Gasteiger partial charge in [-0.15, -0.1) is 0 Å². The lowest BCUT2D eigenvalue weighted by molar-refractivity contribution is -0.158. The molecule has 0 fully saturated rings. The van der Waals surface area contributed by atoms with E-state index < -0.39 is 30.1 Å². The van der Waals surface area contributed by atoms with Gasteiger partial charge in [-0.25, -0.2) is 0 Å². The van der Waals surface area contributed by atoms with E-state index in [1.54, 1.807) is 0 Å². The first-order valence-corrected chi connectivity index (χ1v) is 14.5. The third-order valence-corrected chi connectivity index (χ3v) is 6.17.